The predicted octanol–water partition coefficient (Wildman–Crippen LogP) is 2.63. The lowest BCUT2D eigenvalue weighted by Crippen LogP contribution is -2.46. The van der Waals surface area contributed by atoms with E-state index in [2.05, 4.69) is 18.7 Å². The Morgan fingerprint density at radius 2 is 1.88 bits per heavy atom. The van der Waals surface area contributed by atoms with Gasteiger partial charge < -0.3 is 5.73 Å². The SMILES string of the molecule is CC1(C)CCCC1N1CCC(CCN)CC1. The van der Waals surface area contributed by atoms with Crippen LogP contribution in [0.4, 0.5) is 0 Å². The summed E-state index contributed by atoms with van der Waals surface area (Å²) >= 11 is 0. The van der Waals surface area contributed by atoms with E-state index >= 15 is 0 Å². The van der Waals surface area contributed by atoms with Crippen LogP contribution in [0.2, 0.25) is 0 Å². The smallest absolute Gasteiger partial charge is 0.0146 e. The molecule has 0 spiro atoms. The number of rotatable bonds is 3. The van der Waals surface area contributed by atoms with E-state index < -0.39 is 0 Å². The molecule has 2 aliphatic rings. The predicted molar refractivity (Wildman–Crippen MR) is 69.4 cm³/mol. The molecule has 0 aromatic carbocycles. The Morgan fingerprint density at radius 1 is 1.19 bits per heavy atom. The van der Waals surface area contributed by atoms with Crippen LogP contribution >= 0.6 is 0 Å². The van der Waals surface area contributed by atoms with Crippen LogP contribution in [0.15, 0.2) is 0 Å². The molecule has 1 aliphatic carbocycles. The van der Waals surface area contributed by atoms with Crippen molar-refractivity contribution < 1.29 is 0 Å². The largest absolute Gasteiger partial charge is 0.330 e. The molecule has 2 N–H and O–H groups in total. The lowest BCUT2D eigenvalue weighted by molar-refractivity contribution is 0.0737. The average Bonchev–Trinajstić information content (AvgIpc) is 2.60. The zero-order valence-corrected chi connectivity index (χ0v) is 11.0. The van der Waals surface area contributed by atoms with Crippen molar-refractivity contribution in [3.63, 3.8) is 0 Å². The van der Waals surface area contributed by atoms with Crippen molar-refractivity contribution in [3.05, 3.63) is 0 Å². The fourth-order valence-electron chi connectivity index (χ4n) is 3.77. The summed E-state index contributed by atoms with van der Waals surface area (Å²) in [6.45, 7) is 8.42. The molecule has 2 heteroatoms. The fourth-order valence-corrected chi connectivity index (χ4v) is 3.77. The fraction of sp³-hybridized carbons (Fsp3) is 1.00. The summed E-state index contributed by atoms with van der Waals surface area (Å²) in [5.41, 5.74) is 6.20. The van der Waals surface area contributed by atoms with E-state index in [1.807, 2.05) is 0 Å². The van der Waals surface area contributed by atoms with E-state index in [9.17, 15) is 0 Å². The summed E-state index contributed by atoms with van der Waals surface area (Å²) in [6, 6.07) is 0.853. The lowest BCUT2D eigenvalue weighted by Gasteiger charge is -2.41. The maximum atomic E-state index is 5.65. The molecule has 94 valence electrons. The normalized spacial score (nSPS) is 32.1. The molecule has 0 aromatic heterocycles. The Bertz CT molecular complexity index is 217. The molecule has 2 fully saturated rings. The van der Waals surface area contributed by atoms with Crippen molar-refractivity contribution in [2.45, 2.75) is 58.4 Å². The van der Waals surface area contributed by atoms with Crippen LogP contribution in [-0.4, -0.2) is 30.6 Å². The topological polar surface area (TPSA) is 29.3 Å². The summed E-state index contributed by atoms with van der Waals surface area (Å²) < 4.78 is 0. The van der Waals surface area contributed by atoms with Gasteiger partial charge in [-0.3, -0.25) is 4.90 Å². The Kier molecular flexibility index (Phi) is 3.91. The molecular formula is C14H28N2. The van der Waals surface area contributed by atoms with Gasteiger partial charge in [0.25, 0.3) is 0 Å². The van der Waals surface area contributed by atoms with Crippen molar-refractivity contribution >= 4 is 0 Å². The van der Waals surface area contributed by atoms with Crippen LogP contribution in [0.5, 0.6) is 0 Å². The minimum Gasteiger partial charge on any atom is -0.330 e. The molecule has 0 amide bonds. The summed E-state index contributed by atoms with van der Waals surface area (Å²) in [5.74, 6) is 0.908. The molecule has 1 heterocycles. The maximum absolute atomic E-state index is 5.65. The van der Waals surface area contributed by atoms with Crippen LogP contribution in [0.3, 0.4) is 0 Å². The Hall–Kier alpha value is -0.0800. The summed E-state index contributed by atoms with van der Waals surface area (Å²) in [7, 11) is 0. The van der Waals surface area contributed by atoms with Gasteiger partial charge in [-0.2, -0.15) is 0 Å². The zero-order valence-electron chi connectivity index (χ0n) is 11.0. The molecule has 1 unspecified atom stereocenters. The molecule has 1 saturated carbocycles. The molecular weight excluding hydrogens is 196 g/mol. The van der Waals surface area contributed by atoms with E-state index in [0.29, 0.717) is 5.41 Å². The van der Waals surface area contributed by atoms with Gasteiger partial charge >= 0.3 is 0 Å². The first-order valence-corrected chi connectivity index (χ1v) is 7.07. The minimum absolute atomic E-state index is 0.556. The molecule has 1 saturated heterocycles. The quantitative estimate of drug-likeness (QED) is 0.798. The second-order valence-corrected chi connectivity index (χ2v) is 6.45. The minimum atomic E-state index is 0.556. The van der Waals surface area contributed by atoms with Gasteiger partial charge in [-0.1, -0.05) is 20.3 Å². The number of piperidine rings is 1. The van der Waals surface area contributed by atoms with Gasteiger partial charge in [-0.25, -0.2) is 0 Å². The van der Waals surface area contributed by atoms with Crippen LogP contribution in [0.1, 0.15) is 52.4 Å². The number of hydrogen-bond donors (Lipinski definition) is 1. The molecule has 2 nitrogen and oxygen atoms in total. The van der Waals surface area contributed by atoms with E-state index in [4.69, 9.17) is 5.73 Å². The third-order valence-corrected chi connectivity index (χ3v) is 4.87. The molecule has 0 radical (unpaired) electrons. The summed E-state index contributed by atoms with van der Waals surface area (Å²) in [6.07, 6.45) is 8.27. The monoisotopic (exact) mass is 224 g/mol. The second-order valence-electron chi connectivity index (χ2n) is 6.45. The van der Waals surface area contributed by atoms with Crippen LogP contribution in [-0.2, 0) is 0 Å². The van der Waals surface area contributed by atoms with Crippen molar-refractivity contribution in [1.29, 1.82) is 0 Å². The van der Waals surface area contributed by atoms with Crippen LogP contribution in [0, 0.1) is 11.3 Å². The number of likely N-dealkylation sites (tertiary alicyclic amines) is 1. The van der Waals surface area contributed by atoms with Gasteiger partial charge in [0, 0.05) is 6.04 Å². The first-order chi connectivity index (χ1) is 7.63. The summed E-state index contributed by atoms with van der Waals surface area (Å²) in [5, 5.41) is 0. The Balaban J connectivity index is 1.84. The third kappa shape index (κ3) is 2.60. The Labute approximate surface area is 101 Å². The molecule has 1 aliphatic heterocycles. The van der Waals surface area contributed by atoms with Gasteiger partial charge in [-0.05, 0) is 63.1 Å². The third-order valence-electron chi connectivity index (χ3n) is 4.87. The average molecular weight is 224 g/mol. The highest BCUT2D eigenvalue weighted by Crippen LogP contribution is 2.41. The lowest BCUT2D eigenvalue weighted by atomic mass is 9.84. The molecule has 2 rings (SSSR count). The molecule has 0 bridgehead atoms. The van der Waals surface area contributed by atoms with E-state index in [0.717, 1.165) is 18.5 Å². The van der Waals surface area contributed by atoms with Crippen molar-refractivity contribution in [1.82, 2.24) is 4.90 Å². The second kappa shape index (κ2) is 5.05. The highest BCUT2D eigenvalue weighted by Gasteiger charge is 2.39. The van der Waals surface area contributed by atoms with E-state index in [-0.39, 0.29) is 0 Å². The molecule has 1 atom stereocenters. The molecule has 16 heavy (non-hydrogen) atoms. The summed E-state index contributed by atoms with van der Waals surface area (Å²) in [4.78, 5) is 2.76. The number of nitrogens with zero attached hydrogens (tertiary/aromatic N) is 1. The van der Waals surface area contributed by atoms with Gasteiger partial charge in [0.05, 0.1) is 0 Å². The highest BCUT2D eigenvalue weighted by molar-refractivity contribution is 4.93. The standard InChI is InChI=1S/C14H28N2/c1-14(2)8-3-4-13(14)16-10-6-12(5-9-15)7-11-16/h12-13H,3-11,15H2,1-2H3. The zero-order chi connectivity index (χ0) is 11.6. The highest BCUT2D eigenvalue weighted by atomic mass is 15.2. The van der Waals surface area contributed by atoms with E-state index in [1.54, 1.807) is 0 Å². The first kappa shape index (κ1) is 12.4. The van der Waals surface area contributed by atoms with Crippen molar-refractivity contribution in [3.8, 4) is 0 Å². The van der Waals surface area contributed by atoms with E-state index in [1.165, 1.54) is 51.6 Å². The maximum Gasteiger partial charge on any atom is 0.0146 e. The molecule has 0 aromatic rings. The first-order valence-electron chi connectivity index (χ1n) is 7.07. The van der Waals surface area contributed by atoms with Gasteiger partial charge in [0.2, 0.25) is 0 Å². The Morgan fingerprint density at radius 3 is 2.38 bits per heavy atom. The van der Waals surface area contributed by atoms with Crippen molar-refractivity contribution in [2.24, 2.45) is 17.1 Å². The number of hydrogen-bond acceptors (Lipinski definition) is 2. The van der Waals surface area contributed by atoms with Gasteiger partial charge in [0.15, 0.2) is 0 Å². The van der Waals surface area contributed by atoms with Crippen LogP contribution < -0.4 is 5.73 Å². The number of nitrogens with two attached hydrogens (primary N) is 1. The van der Waals surface area contributed by atoms with Crippen molar-refractivity contribution in [2.75, 3.05) is 19.6 Å². The van der Waals surface area contributed by atoms with Crippen LogP contribution in [0.25, 0.3) is 0 Å². The van der Waals surface area contributed by atoms with Gasteiger partial charge in [0.1, 0.15) is 0 Å². The van der Waals surface area contributed by atoms with Gasteiger partial charge in [-0.15, -0.1) is 0 Å².